The van der Waals surface area contributed by atoms with E-state index in [0.717, 1.165) is 12.1 Å². The molecule has 0 fully saturated rings. The minimum Gasteiger partial charge on any atom is -0.309 e. The molecule has 1 N–H and O–H groups in total. The molecule has 1 heterocycles. The largest absolute Gasteiger partial charge is 0.309 e. The Kier molecular flexibility index (Phi) is 3.93. The van der Waals surface area contributed by atoms with Gasteiger partial charge in [-0.25, -0.2) is 4.39 Å². The lowest BCUT2D eigenvalue weighted by molar-refractivity contribution is 0.625. The van der Waals surface area contributed by atoms with Crippen LogP contribution in [0.25, 0.3) is 0 Å². The van der Waals surface area contributed by atoms with E-state index in [4.69, 9.17) is 11.6 Å². The van der Waals surface area contributed by atoms with Crippen molar-refractivity contribution in [2.75, 3.05) is 0 Å². The molecule has 0 amide bonds. The van der Waals surface area contributed by atoms with Gasteiger partial charge in [-0.2, -0.15) is 11.3 Å². The molecule has 2 rings (SSSR count). The first-order chi connectivity index (χ1) is 7.75. The average molecular weight is 256 g/mol. The van der Waals surface area contributed by atoms with Crippen LogP contribution in [0, 0.1) is 5.82 Å². The number of nitrogens with one attached hydrogen (secondary N) is 1. The molecule has 1 aromatic heterocycles. The van der Waals surface area contributed by atoms with Crippen molar-refractivity contribution in [3.63, 3.8) is 0 Å². The summed E-state index contributed by atoms with van der Waals surface area (Å²) in [6, 6.07) is 6.54. The maximum absolute atomic E-state index is 12.8. The Labute approximate surface area is 103 Å². The molecular formula is C12H11ClFNS. The van der Waals surface area contributed by atoms with Gasteiger partial charge in [-0.1, -0.05) is 17.7 Å². The SMILES string of the molecule is Fc1ccc(CNCc2ccsc2)c(Cl)c1. The number of hydrogen-bond donors (Lipinski definition) is 1. The molecule has 1 aromatic carbocycles. The molecule has 0 aliphatic heterocycles. The third-order valence-electron chi connectivity index (χ3n) is 2.24. The molecule has 16 heavy (non-hydrogen) atoms. The monoisotopic (exact) mass is 255 g/mol. The maximum Gasteiger partial charge on any atom is 0.124 e. The first kappa shape index (κ1) is 11.6. The van der Waals surface area contributed by atoms with Gasteiger partial charge in [-0.3, -0.25) is 0 Å². The van der Waals surface area contributed by atoms with Gasteiger partial charge in [-0.05, 0) is 40.1 Å². The summed E-state index contributed by atoms with van der Waals surface area (Å²) in [4.78, 5) is 0. The summed E-state index contributed by atoms with van der Waals surface area (Å²) < 4.78 is 12.8. The summed E-state index contributed by atoms with van der Waals surface area (Å²) in [7, 11) is 0. The summed E-state index contributed by atoms with van der Waals surface area (Å²) in [5, 5.41) is 7.87. The molecular weight excluding hydrogens is 245 g/mol. The molecule has 0 radical (unpaired) electrons. The third-order valence-corrected chi connectivity index (χ3v) is 3.32. The van der Waals surface area contributed by atoms with E-state index in [-0.39, 0.29) is 5.82 Å². The molecule has 0 aliphatic carbocycles. The van der Waals surface area contributed by atoms with E-state index in [0.29, 0.717) is 11.6 Å². The van der Waals surface area contributed by atoms with Crippen molar-refractivity contribution >= 4 is 22.9 Å². The van der Waals surface area contributed by atoms with Gasteiger partial charge in [0.2, 0.25) is 0 Å². The highest BCUT2D eigenvalue weighted by atomic mass is 35.5. The summed E-state index contributed by atoms with van der Waals surface area (Å²) in [6.45, 7) is 1.45. The normalized spacial score (nSPS) is 10.6. The molecule has 4 heteroatoms. The summed E-state index contributed by atoms with van der Waals surface area (Å²) in [5.74, 6) is -0.299. The second-order valence-corrected chi connectivity index (χ2v) is 4.66. The molecule has 0 saturated heterocycles. The predicted octanol–water partition coefficient (Wildman–Crippen LogP) is 3.83. The van der Waals surface area contributed by atoms with E-state index in [1.165, 1.54) is 17.7 Å². The van der Waals surface area contributed by atoms with Gasteiger partial charge in [0.25, 0.3) is 0 Å². The number of hydrogen-bond acceptors (Lipinski definition) is 2. The number of thiophene rings is 1. The molecule has 1 nitrogen and oxygen atoms in total. The van der Waals surface area contributed by atoms with E-state index < -0.39 is 0 Å². The maximum atomic E-state index is 12.8. The lowest BCUT2D eigenvalue weighted by Gasteiger charge is -2.05. The molecule has 0 atom stereocenters. The van der Waals surface area contributed by atoms with E-state index in [1.807, 2.05) is 5.38 Å². The second kappa shape index (κ2) is 5.43. The average Bonchev–Trinajstić information content (AvgIpc) is 2.74. The highest BCUT2D eigenvalue weighted by Crippen LogP contribution is 2.17. The van der Waals surface area contributed by atoms with Gasteiger partial charge in [0.1, 0.15) is 5.82 Å². The van der Waals surface area contributed by atoms with Crippen molar-refractivity contribution in [1.29, 1.82) is 0 Å². The molecule has 84 valence electrons. The third kappa shape index (κ3) is 3.04. The van der Waals surface area contributed by atoms with Crippen LogP contribution in [0.5, 0.6) is 0 Å². The molecule has 0 bridgehead atoms. The van der Waals surface area contributed by atoms with E-state index >= 15 is 0 Å². The smallest absolute Gasteiger partial charge is 0.124 e. The quantitative estimate of drug-likeness (QED) is 0.876. The van der Waals surface area contributed by atoms with Crippen LogP contribution in [0.3, 0.4) is 0 Å². The van der Waals surface area contributed by atoms with Crippen molar-refractivity contribution in [1.82, 2.24) is 5.32 Å². The van der Waals surface area contributed by atoms with E-state index in [2.05, 4.69) is 16.8 Å². The van der Waals surface area contributed by atoms with Crippen LogP contribution in [0.2, 0.25) is 5.02 Å². The highest BCUT2D eigenvalue weighted by Gasteiger charge is 2.01. The predicted molar refractivity (Wildman–Crippen MR) is 66.3 cm³/mol. The fourth-order valence-corrected chi connectivity index (χ4v) is 2.30. The summed E-state index contributed by atoms with van der Waals surface area (Å²) >= 11 is 7.59. The van der Waals surface area contributed by atoms with Crippen molar-refractivity contribution in [3.05, 3.63) is 57.0 Å². The Morgan fingerprint density at radius 1 is 1.25 bits per heavy atom. The zero-order chi connectivity index (χ0) is 11.4. The fraction of sp³-hybridized carbons (Fsp3) is 0.167. The van der Waals surface area contributed by atoms with Gasteiger partial charge in [-0.15, -0.1) is 0 Å². The van der Waals surface area contributed by atoms with Crippen molar-refractivity contribution in [2.45, 2.75) is 13.1 Å². The Balaban J connectivity index is 1.90. The van der Waals surface area contributed by atoms with E-state index in [9.17, 15) is 4.39 Å². The van der Waals surface area contributed by atoms with Gasteiger partial charge < -0.3 is 5.32 Å². The van der Waals surface area contributed by atoms with Crippen molar-refractivity contribution < 1.29 is 4.39 Å². The van der Waals surface area contributed by atoms with Crippen LogP contribution in [-0.4, -0.2) is 0 Å². The number of rotatable bonds is 4. The lowest BCUT2D eigenvalue weighted by Crippen LogP contribution is -2.12. The number of benzene rings is 1. The zero-order valence-electron chi connectivity index (χ0n) is 8.54. The zero-order valence-corrected chi connectivity index (χ0v) is 10.1. The Hall–Kier alpha value is -0.900. The molecule has 0 spiro atoms. The molecule has 0 aliphatic rings. The highest BCUT2D eigenvalue weighted by molar-refractivity contribution is 7.07. The molecule has 0 saturated carbocycles. The minimum atomic E-state index is -0.299. The van der Waals surface area contributed by atoms with Crippen LogP contribution in [0.15, 0.2) is 35.0 Å². The topological polar surface area (TPSA) is 12.0 Å². The van der Waals surface area contributed by atoms with Crippen LogP contribution in [-0.2, 0) is 13.1 Å². The standard InChI is InChI=1S/C12H11ClFNS/c13-12-5-11(14)2-1-10(12)7-15-6-9-3-4-16-8-9/h1-5,8,15H,6-7H2. The van der Waals surface area contributed by atoms with Gasteiger partial charge >= 0.3 is 0 Å². The Morgan fingerprint density at radius 3 is 2.81 bits per heavy atom. The van der Waals surface area contributed by atoms with Crippen LogP contribution in [0.1, 0.15) is 11.1 Å². The Bertz CT molecular complexity index is 456. The van der Waals surface area contributed by atoms with Crippen LogP contribution >= 0.6 is 22.9 Å². The first-order valence-corrected chi connectivity index (χ1v) is 6.23. The molecule has 0 unspecified atom stereocenters. The van der Waals surface area contributed by atoms with Crippen molar-refractivity contribution in [2.24, 2.45) is 0 Å². The summed E-state index contributed by atoms with van der Waals surface area (Å²) in [6.07, 6.45) is 0. The van der Waals surface area contributed by atoms with Crippen LogP contribution in [0.4, 0.5) is 4.39 Å². The number of halogens is 2. The van der Waals surface area contributed by atoms with Gasteiger partial charge in [0.05, 0.1) is 0 Å². The van der Waals surface area contributed by atoms with Gasteiger partial charge in [0.15, 0.2) is 0 Å². The molecule has 2 aromatic rings. The first-order valence-electron chi connectivity index (χ1n) is 4.91. The van der Waals surface area contributed by atoms with Gasteiger partial charge in [0, 0.05) is 18.1 Å². The van der Waals surface area contributed by atoms with Crippen LogP contribution < -0.4 is 5.32 Å². The minimum absolute atomic E-state index is 0.299. The summed E-state index contributed by atoms with van der Waals surface area (Å²) in [5.41, 5.74) is 2.17. The Morgan fingerprint density at radius 2 is 2.12 bits per heavy atom. The van der Waals surface area contributed by atoms with Crippen molar-refractivity contribution in [3.8, 4) is 0 Å². The second-order valence-electron chi connectivity index (χ2n) is 3.47. The van der Waals surface area contributed by atoms with E-state index in [1.54, 1.807) is 17.4 Å². The lowest BCUT2D eigenvalue weighted by atomic mass is 10.2. The fourth-order valence-electron chi connectivity index (χ4n) is 1.40.